The Kier molecular flexibility index (Phi) is 4.95. The second-order valence-electron chi connectivity index (χ2n) is 5.74. The molecule has 0 saturated carbocycles. The maximum atomic E-state index is 12.1. The molecule has 0 aromatic heterocycles. The van der Waals surface area contributed by atoms with Crippen molar-refractivity contribution in [3.63, 3.8) is 0 Å². The lowest BCUT2D eigenvalue weighted by atomic mass is 9.86. The van der Waals surface area contributed by atoms with Gasteiger partial charge in [0.15, 0.2) is 0 Å². The first-order valence-corrected chi connectivity index (χ1v) is 6.42. The number of hydrogen-bond acceptors (Lipinski definition) is 3. The van der Waals surface area contributed by atoms with Crippen molar-refractivity contribution >= 4 is 5.91 Å². The van der Waals surface area contributed by atoms with E-state index in [4.69, 9.17) is 10.5 Å². The zero-order chi connectivity index (χ0) is 13.1. The molecule has 0 aromatic carbocycles. The van der Waals surface area contributed by atoms with Gasteiger partial charge in [-0.05, 0) is 38.6 Å². The molecule has 0 aliphatic carbocycles. The molecule has 2 N–H and O–H groups in total. The molecule has 0 spiro atoms. The molecular formula is C13H26N2O2. The van der Waals surface area contributed by atoms with Crippen molar-refractivity contribution in [3.05, 3.63) is 0 Å². The van der Waals surface area contributed by atoms with Crippen LogP contribution in [0.5, 0.6) is 0 Å². The summed E-state index contributed by atoms with van der Waals surface area (Å²) in [6.07, 6.45) is 1.50. The fourth-order valence-electron chi connectivity index (χ4n) is 2.23. The van der Waals surface area contributed by atoms with Gasteiger partial charge in [-0.2, -0.15) is 0 Å². The zero-order valence-electron chi connectivity index (χ0n) is 11.5. The molecule has 1 saturated heterocycles. The highest BCUT2D eigenvalue weighted by Gasteiger charge is 2.30. The Morgan fingerprint density at radius 2 is 2.18 bits per heavy atom. The van der Waals surface area contributed by atoms with Crippen LogP contribution in [0.15, 0.2) is 0 Å². The number of hydrogen-bond donors (Lipinski definition) is 1. The molecule has 100 valence electrons. The summed E-state index contributed by atoms with van der Waals surface area (Å²) in [7, 11) is 1.65. The molecule has 1 fully saturated rings. The van der Waals surface area contributed by atoms with Gasteiger partial charge >= 0.3 is 0 Å². The van der Waals surface area contributed by atoms with Crippen LogP contribution in [0.2, 0.25) is 0 Å². The summed E-state index contributed by atoms with van der Waals surface area (Å²) >= 11 is 0. The van der Waals surface area contributed by atoms with Gasteiger partial charge in [0.2, 0.25) is 5.91 Å². The van der Waals surface area contributed by atoms with E-state index in [1.54, 1.807) is 7.11 Å². The number of amides is 1. The fourth-order valence-corrected chi connectivity index (χ4v) is 2.23. The summed E-state index contributed by atoms with van der Waals surface area (Å²) in [5.41, 5.74) is 5.37. The van der Waals surface area contributed by atoms with Crippen molar-refractivity contribution in [1.82, 2.24) is 4.90 Å². The van der Waals surface area contributed by atoms with Crippen molar-refractivity contribution in [2.24, 2.45) is 17.6 Å². The maximum absolute atomic E-state index is 12.1. The van der Waals surface area contributed by atoms with E-state index in [-0.39, 0.29) is 11.5 Å². The Labute approximate surface area is 104 Å². The monoisotopic (exact) mass is 242 g/mol. The third-order valence-corrected chi connectivity index (χ3v) is 3.90. The lowest BCUT2D eigenvalue weighted by Crippen LogP contribution is -2.47. The van der Waals surface area contributed by atoms with Crippen LogP contribution >= 0.6 is 0 Å². The van der Waals surface area contributed by atoms with Gasteiger partial charge < -0.3 is 15.4 Å². The summed E-state index contributed by atoms with van der Waals surface area (Å²) in [4.78, 5) is 14.1. The first kappa shape index (κ1) is 14.5. The van der Waals surface area contributed by atoms with Gasteiger partial charge in [0.1, 0.15) is 0 Å². The van der Waals surface area contributed by atoms with E-state index in [1.165, 1.54) is 0 Å². The number of carbonyl (C=O) groups excluding carboxylic acids is 1. The summed E-state index contributed by atoms with van der Waals surface area (Å²) < 4.78 is 5.30. The Balaban J connectivity index is 2.53. The SMILES string of the molecule is COC(C)(C)CC(=O)N1CCC(C)C(CN)C1. The Bertz CT molecular complexity index is 266. The van der Waals surface area contributed by atoms with Gasteiger partial charge in [-0.1, -0.05) is 6.92 Å². The second kappa shape index (κ2) is 5.83. The minimum Gasteiger partial charge on any atom is -0.378 e. The molecule has 1 rings (SSSR count). The molecule has 0 bridgehead atoms. The van der Waals surface area contributed by atoms with E-state index in [2.05, 4.69) is 6.92 Å². The summed E-state index contributed by atoms with van der Waals surface area (Å²) in [6, 6.07) is 0. The molecular weight excluding hydrogens is 216 g/mol. The van der Waals surface area contributed by atoms with E-state index in [9.17, 15) is 4.79 Å². The van der Waals surface area contributed by atoms with Gasteiger partial charge in [0, 0.05) is 20.2 Å². The van der Waals surface area contributed by atoms with Crippen LogP contribution in [0.25, 0.3) is 0 Å². The topological polar surface area (TPSA) is 55.6 Å². The summed E-state index contributed by atoms with van der Waals surface area (Å²) in [5, 5.41) is 0. The molecule has 1 heterocycles. The van der Waals surface area contributed by atoms with E-state index < -0.39 is 0 Å². The van der Waals surface area contributed by atoms with Crippen LogP contribution < -0.4 is 5.73 Å². The lowest BCUT2D eigenvalue weighted by Gasteiger charge is -2.37. The number of piperidine rings is 1. The van der Waals surface area contributed by atoms with Crippen LogP contribution in [-0.4, -0.2) is 43.2 Å². The van der Waals surface area contributed by atoms with Crippen molar-refractivity contribution in [3.8, 4) is 0 Å². The Morgan fingerprint density at radius 1 is 1.53 bits per heavy atom. The van der Waals surface area contributed by atoms with Crippen molar-refractivity contribution in [2.75, 3.05) is 26.7 Å². The molecule has 1 aliphatic heterocycles. The maximum Gasteiger partial charge on any atom is 0.225 e. The summed E-state index contributed by atoms with van der Waals surface area (Å²) in [5.74, 6) is 1.25. The van der Waals surface area contributed by atoms with E-state index in [0.717, 1.165) is 19.5 Å². The highest BCUT2D eigenvalue weighted by molar-refractivity contribution is 5.77. The average Bonchev–Trinajstić information content (AvgIpc) is 2.29. The van der Waals surface area contributed by atoms with Gasteiger partial charge in [0.05, 0.1) is 12.0 Å². The Morgan fingerprint density at radius 3 is 2.71 bits per heavy atom. The third-order valence-electron chi connectivity index (χ3n) is 3.90. The predicted octanol–water partition coefficient (Wildman–Crippen LogP) is 1.24. The van der Waals surface area contributed by atoms with Crippen LogP contribution in [0.3, 0.4) is 0 Å². The molecule has 2 atom stereocenters. The number of nitrogens with zero attached hydrogens (tertiary/aromatic N) is 1. The molecule has 1 aliphatic rings. The molecule has 4 heteroatoms. The summed E-state index contributed by atoms with van der Waals surface area (Å²) in [6.45, 7) is 8.43. The fraction of sp³-hybridized carbons (Fsp3) is 0.923. The third kappa shape index (κ3) is 3.96. The van der Waals surface area contributed by atoms with Crippen LogP contribution in [0.4, 0.5) is 0 Å². The van der Waals surface area contributed by atoms with Gasteiger partial charge in [-0.25, -0.2) is 0 Å². The van der Waals surface area contributed by atoms with Crippen molar-refractivity contribution < 1.29 is 9.53 Å². The predicted molar refractivity (Wildman–Crippen MR) is 68.6 cm³/mol. The number of methoxy groups -OCH3 is 1. The minimum atomic E-state index is -0.377. The number of likely N-dealkylation sites (tertiary alicyclic amines) is 1. The van der Waals surface area contributed by atoms with Crippen LogP contribution in [0, 0.1) is 11.8 Å². The van der Waals surface area contributed by atoms with E-state index in [1.807, 2.05) is 18.7 Å². The molecule has 2 unspecified atom stereocenters. The van der Waals surface area contributed by atoms with E-state index >= 15 is 0 Å². The smallest absolute Gasteiger partial charge is 0.225 e. The minimum absolute atomic E-state index is 0.183. The van der Waals surface area contributed by atoms with Gasteiger partial charge in [0.25, 0.3) is 0 Å². The van der Waals surface area contributed by atoms with Crippen molar-refractivity contribution in [1.29, 1.82) is 0 Å². The first-order chi connectivity index (χ1) is 7.89. The zero-order valence-corrected chi connectivity index (χ0v) is 11.5. The Hall–Kier alpha value is -0.610. The number of carbonyl (C=O) groups is 1. The second-order valence-corrected chi connectivity index (χ2v) is 5.74. The molecule has 0 radical (unpaired) electrons. The standard InChI is InChI=1S/C13H26N2O2/c1-10-5-6-15(9-11(10)8-14)12(16)7-13(2,3)17-4/h10-11H,5-9,14H2,1-4H3. The van der Waals surface area contributed by atoms with Gasteiger partial charge in [-0.3, -0.25) is 4.79 Å². The highest BCUT2D eigenvalue weighted by Crippen LogP contribution is 2.24. The van der Waals surface area contributed by atoms with Crippen LogP contribution in [0.1, 0.15) is 33.6 Å². The number of nitrogens with two attached hydrogens (primary N) is 1. The van der Waals surface area contributed by atoms with Gasteiger partial charge in [-0.15, -0.1) is 0 Å². The normalized spacial score (nSPS) is 26.1. The molecule has 4 nitrogen and oxygen atoms in total. The average molecular weight is 242 g/mol. The molecule has 0 aromatic rings. The quantitative estimate of drug-likeness (QED) is 0.807. The molecule has 1 amide bonds. The first-order valence-electron chi connectivity index (χ1n) is 6.42. The van der Waals surface area contributed by atoms with E-state index in [0.29, 0.717) is 24.8 Å². The molecule has 17 heavy (non-hydrogen) atoms. The highest BCUT2D eigenvalue weighted by atomic mass is 16.5. The van der Waals surface area contributed by atoms with Crippen molar-refractivity contribution in [2.45, 2.75) is 39.2 Å². The lowest BCUT2D eigenvalue weighted by molar-refractivity contribution is -0.138. The van der Waals surface area contributed by atoms with Crippen LogP contribution in [-0.2, 0) is 9.53 Å². The number of rotatable bonds is 4. The largest absolute Gasteiger partial charge is 0.378 e. The number of ether oxygens (including phenoxy) is 1.